The van der Waals surface area contributed by atoms with Crippen molar-refractivity contribution in [2.75, 3.05) is 0 Å². The van der Waals surface area contributed by atoms with Gasteiger partial charge in [-0.05, 0) is 26.3 Å². The van der Waals surface area contributed by atoms with Crippen LogP contribution in [0.3, 0.4) is 0 Å². The molecule has 12 heavy (non-hydrogen) atoms. The second-order valence-electron chi connectivity index (χ2n) is 2.88. The van der Waals surface area contributed by atoms with Gasteiger partial charge in [0.2, 0.25) is 0 Å². The maximum absolute atomic E-state index is 5.55. The van der Waals surface area contributed by atoms with Crippen molar-refractivity contribution in [2.45, 2.75) is 13.3 Å². The predicted octanol–water partition coefficient (Wildman–Crippen LogP) is 3.12. The maximum atomic E-state index is 5.55. The first-order valence-electron chi connectivity index (χ1n) is 4.09. The Hall–Kier alpha value is -1.24. The van der Waals surface area contributed by atoms with Gasteiger partial charge in [-0.15, -0.1) is 0 Å². The molecule has 0 bridgehead atoms. The molecule has 2 rings (SSSR count). The molecule has 1 nitrogen and oxygen atoms in total. The molecule has 0 aliphatic carbocycles. The van der Waals surface area contributed by atoms with Gasteiger partial charge in [0.25, 0.3) is 0 Å². The standard InChI is InChI=1S/C11H11O/c1-3-9-8(2)12-11-7-5-4-6-10(9)11/h4-7H,1,3H2,2H3. The summed E-state index contributed by atoms with van der Waals surface area (Å²) in [4.78, 5) is 0. The lowest BCUT2D eigenvalue weighted by Crippen LogP contribution is -1.78. The predicted molar refractivity (Wildman–Crippen MR) is 50.0 cm³/mol. The van der Waals surface area contributed by atoms with E-state index in [1.165, 1.54) is 10.9 Å². The summed E-state index contributed by atoms with van der Waals surface area (Å²) in [6.07, 6.45) is 0.794. The molecule has 2 aromatic rings. The van der Waals surface area contributed by atoms with Crippen LogP contribution in [-0.4, -0.2) is 0 Å². The fourth-order valence-corrected chi connectivity index (χ4v) is 1.53. The van der Waals surface area contributed by atoms with Crippen molar-refractivity contribution in [3.63, 3.8) is 0 Å². The Kier molecular flexibility index (Phi) is 1.65. The molecule has 1 radical (unpaired) electrons. The first-order chi connectivity index (χ1) is 5.83. The van der Waals surface area contributed by atoms with Crippen molar-refractivity contribution in [3.8, 4) is 0 Å². The fraction of sp³-hybridized carbons (Fsp3) is 0.182. The number of rotatable bonds is 1. The quantitative estimate of drug-likeness (QED) is 0.623. The minimum absolute atomic E-state index is 0.794. The van der Waals surface area contributed by atoms with Crippen LogP contribution in [0.5, 0.6) is 0 Å². The highest BCUT2D eigenvalue weighted by molar-refractivity contribution is 5.82. The van der Waals surface area contributed by atoms with Crippen LogP contribution in [0.25, 0.3) is 11.0 Å². The van der Waals surface area contributed by atoms with Gasteiger partial charge in [0.15, 0.2) is 0 Å². The van der Waals surface area contributed by atoms with E-state index in [1.807, 2.05) is 25.1 Å². The van der Waals surface area contributed by atoms with E-state index >= 15 is 0 Å². The molecular weight excluding hydrogens is 148 g/mol. The second kappa shape index (κ2) is 2.67. The normalized spacial score (nSPS) is 10.8. The van der Waals surface area contributed by atoms with Gasteiger partial charge in [-0.1, -0.05) is 18.2 Å². The zero-order valence-electron chi connectivity index (χ0n) is 7.13. The monoisotopic (exact) mass is 159 g/mol. The topological polar surface area (TPSA) is 13.1 Å². The molecule has 0 fully saturated rings. The summed E-state index contributed by atoms with van der Waals surface area (Å²) in [6.45, 7) is 5.87. The summed E-state index contributed by atoms with van der Waals surface area (Å²) >= 11 is 0. The van der Waals surface area contributed by atoms with Crippen molar-refractivity contribution < 1.29 is 4.42 Å². The molecule has 0 amide bonds. The van der Waals surface area contributed by atoms with Crippen molar-refractivity contribution in [3.05, 3.63) is 42.5 Å². The molecule has 0 aliphatic rings. The average Bonchev–Trinajstić information content (AvgIpc) is 2.40. The Morgan fingerprint density at radius 3 is 2.83 bits per heavy atom. The zero-order valence-corrected chi connectivity index (χ0v) is 7.13. The van der Waals surface area contributed by atoms with Crippen LogP contribution in [0.2, 0.25) is 0 Å². The SMILES string of the molecule is [CH2]Cc1c(C)oc2ccccc12. The number of aryl methyl sites for hydroxylation is 1. The van der Waals surface area contributed by atoms with E-state index in [4.69, 9.17) is 4.42 Å². The first-order valence-corrected chi connectivity index (χ1v) is 4.09. The lowest BCUT2D eigenvalue weighted by atomic mass is 10.1. The zero-order chi connectivity index (χ0) is 8.55. The number of hydrogen-bond donors (Lipinski definition) is 0. The van der Waals surface area contributed by atoms with Gasteiger partial charge < -0.3 is 4.42 Å². The highest BCUT2D eigenvalue weighted by Crippen LogP contribution is 2.24. The van der Waals surface area contributed by atoms with Gasteiger partial charge in [0.1, 0.15) is 11.3 Å². The molecule has 0 unspecified atom stereocenters. The van der Waals surface area contributed by atoms with E-state index in [9.17, 15) is 0 Å². The molecule has 61 valence electrons. The van der Waals surface area contributed by atoms with Crippen LogP contribution in [0.15, 0.2) is 28.7 Å². The Morgan fingerprint density at radius 2 is 2.08 bits per heavy atom. The molecular formula is C11H11O. The van der Waals surface area contributed by atoms with Crippen LogP contribution in [0.4, 0.5) is 0 Å². The summed E-state index contributed by atoms with van der Waals surface area (Å²) in [7, 11) is 0. The molecule has 0 saturated carbocycles. The number of fused-ring (bicyclic) bond motifs is 1. The van der Waals surface area contributed by atoms with E-state index in [-0.39, 0.29) is 0 Å². The second-order valence-corrected chi connectivity index (χ2v) is 2.88. The van der Waals surface area contributed by atoms with Gasteiger partial charge in [-0.3, -0.25) is 0 Å². The number of furan rings is 1. The summed E-state index contributed by atoms with van der Waals surface area (Å²) in [5.41, 5.74) is 2.19. The van der Waals surface area contributed by atoms with Gasteiger partial charge in [0.05, 0.1) is 0 Å². The Morgan fingerprint density at radius 1 is 1.33 bits per heavy atom. The molecule has 1 heterocycles. The third kappa shape index (κ3) is 0.934. The maximum Gasteiger partial charge on any atom is 0.134 e. The van der Waals surface area contributed by atoms with Crippen LogP contribution >= 0.6 is 0 Å². The van der Waals surface area contributed by atoms with Crippen LogP contribution < -0.4 is 0 Å². The highest BCUT2D eigenvalue weighted by Gasteiger charge is 2.06. The third-order valence-electron chi connectivity index (χ3n) is 2.15. The van der Waals surface area contributed by atoms with Crippen molar-refractivity contribution in [2.24, 2.45) is 0 Å². The smallest absolute Gasteiger partial charge is 0.134 e. The lowest BCUT2D eigenvalue weighted by Gasteiger charge is -1.90. The highest BCUT2D eigenvalue weighted by atomic mass is 16.3. The molecule has 1 aromatic heterocycles. The van der Waals surface area contributed by atoms with Gasteiger partial charge >= 0.3 is 0 Å². The fourth-order valence-electron chi connectivity index (χ4n) is 1.53. The van der Waals surface area contributed by atoms with Gasteiger partial charge in [-0.25, -0.2) is 0 Å². The molecule has 0 spiro atoms. The van der Waals surface area contributed by atoms with Crippen LogP contribution in [-0.2, 0) is 6.42 Å². The Labute approximate surface area is 72.0 Å². The minimum Gasteiger partial charge on any atom is -0.461 e. The molecule has 0 N–H and O–H groups in total. The van der Waals surface area contributed by atoms with E-state index in [0.717, 1.165) is 17.8 Å². The first kappa shape index (κ1) is 7.41. The summed E-state index contributed by atoms with van der Waals surface area (Å²) < 4.78 is 5.55. The Bertz CT molecular complexity index is 398. The minimum atomic E-state index is 0.794. The van der Waals surface area contributed by atoms with Crippen LogP contribution in [0, 0.1) is 13.8 Å². The average molecular weight is 159 g/mol. The van der Waals surface area contributed by atoms with E-state index in [2.05, 4.69) is 13.0 Å². The summed E-state index contributed by atoms with van der Waals surface area (Å²) in [5, 5.41) is 1.20. The van der Waals surface area contributed by atoms with E-state index < -0.39 is 0 Å². The summed E-state index contributed by atoms with van der Waals surface area (Å²) in [6, 6.07) is 8.07. The van der Waals surface area contributed by atoms with Gasteiger partial charge in [0, 0.05) is 10.9 Å². The van der Waals surface area contributed by atoms with Crippen molar-refractivity contribution >= 4 is 11.0 Å². The summed E-state index contributed by atoms with van der Waals surface area (Å²) in [5.74, 6) is 0.992. The molecule has 0 atom stereocenters. The lowest BCUT2D eigenvalue weighted by molar-refractivity contribution is 0.573. The van der Waals surface area contributed by atoms with E-state index in [1.54, 1.807) is 0 Å². The van der Waals surface area contributed by atoms with Crippen molar-refractivity contribution in [1.82, 2.24) is 0 Å². The Balaban J connectivity index is 2.81. The van der Waals surface area contributed by atoms with E-state index in [0.29, 0.717) is 0 Å². The van der Waals surface area contributed by atoms with Crippen molar-refractivity contribution in [1.29, 1.82) is 0 Å². The number of benzene rings is 1. The molecule has 0 saturated heterocycles. The third-order valence-corrected chi connectivity index (χ3v) is 2.15. The molecule has 0 aliphatic heterocycles. The van der Waals surface area contributed by atoms with Crippen LogP contribution in [0.1, 0.15) is 11.3 Å². The molecule has 1 aromatic carbocycles. The molecule has 1 heteroatoms. The number of para-hydroxylation sites is 1. The largest absolute Gasteiger partial charge is 0.461 e. The van der Waals surface area contributed by atoms with Gasteiger partial charge in [-0.2, -0.15) is 0 Å². The number of hydrogen-bond acceptors (Lipinski definition) is 1.